The summed E-state index contributed by atoms with van der Waals surface area (Å²) in [5.41, 5.74) is 5.24. The molecule has 4 heteroatoms. The molecule has 0 bridgehead atoms. The summed E-state index contributed by atoms with van der Waals surface area (Å²) in [5, 5.41) is 0.737. The van der Waals surface area contributed by atoms with Gasteiger partial charge in [0, 0.05) is 24.2 Å². The van der Waals surface area contributed by atoms with Crippen molar-refractivity contribution in [1.82, 2.24) is 4.90 Å². The number of halogens is 1. The highest BCUT2D eigenvalue weighted by Gasteiger charge is 2.14. The Hall–Kier alpha value is -0.800. The van der Waals surface area contributed by atoms with Gasteiger partial charge < -0.3 is 10.6 Å². The molecule has 0 fully saturated rings. The molecule has 1 rings (SSSR count). The Labute approximate surface area is 82.8 Å². The van der Waals surface area contributed by atoms with Crippen LogP contribution in [0.3, 0.4) is 0 Å². The number of nitrogens with two attached hydrogens (primary N) is 1. The van der Waals surface area contributed by atoms with Crippen LogP contribution in [0, 0.1) is 0 Å². The molecule has 0 atom stereocenters. The monoisotopic (exact) mass is 200 g/mol. The van der Waals surface area contributed by atoms with E-state index in [1.54, 1.807) is 11.0 Å². The van der Waals surface area contributed by atoms with E-state index < -0.39 is 0 Å². The smallest absolute Gasteiger partial charge is 0.246 e. The zero-order chi connectivity index (χ0) is 9.68. The third-order valence-electron chi connectivity index (χ3n) is 1.81. The van der Waals surface area contributed by atoms with Crippen molar-refractivity contribution in [3.8, 4) is 0 Å². The van der Waals surface area contributed by atoms with Crippen molar-refractivity contribution in [1.29, 1.82) is 0 Å². The first-order valence-corrected chi connectivity index (χ1v) is 4.62. The van der Waals surface area contributed by atoms with Gasteiger partial charge in [0.2, 0.25) is 5.91 Å². The highest BCUT2D eigenvalue weighted by atomic mass is 35.5. The number of nitrogens with zero attached hydrogens (tertiary/aromatic N) is 1. The van der Waals surface area contributed by atoms with Gasteiger partial charge in [-0.25, -0.2) is 0 Å². The predicted octanol–water partition coefficient (Wildman–Crippen LogP) is 0.856. The minimum absolute atomic E-state index is 0.0169. The average molecular weight is 201 g/mol. The molecular formula is C9H13ClN2O. The van der Waals surface area contributed by atoms with E-state index in [0.29, 0.717) is 13.1 Å². The standard InChI is InChI=1S/C9H13ClN2O/c10-8-3-2-6-12(7-8)9(13)4-1-5-11/h1,3-4H,2,5-7,11H2/b4-1+. The summed E-state index contributed by atoms with van der Waals surface area (Å²) in [7, 11) is 0. The Kier molecular flexibility index (Phi) is 3.99. The maximum Gasteiger partial charge on any atom is 0.246 e. The van der Waals surface area contributed by atoms with Crippen LogP contribution in [0.1, 0.15) is 6.42 Å². The van der Waals surface area contributed by atoms with E-state index >= 15 is 0 Å². The number of carbonyl (C=O) groups is 1. The van der Waals surface area contributed by atoms with Gasteiger partial charge in [-0.1, -0.05) is 23.8 Å². The fraction of sp³-hybridized carbons (Fsp3) is 0.444. The van der Waals surface area contributed by atoms with Crippen LogP contribution in [0.5, 0.6) is 0 Å². The first-order chi connectivity index (χ1) is 6.24. The van der Waals surface area contributed by atoms with Crippen LogP contribution in [-0.2, 0) is 4.79 Å². The molecule has 0 aliphatic carbocycles. The van der Waals surface area contributed by atoms with Gasteiger partial charge in [-0.2, -0.15) is 0 Å². The minimum Gasteiger partial charge on any atom is -0.334 e. The van der Waals surface area contributed by atoms with E-state index in [-0.39, 0.29) is 5.91 Å². The van der Waals surface area contributed by atoms with Crippen LogP contribution in [-0.4, -0.2) is 30.4 Å². The van der Waals surface area contributed by atoms with Crippen LogP contribution in [0.4, 0.5) is 0 Å². The van der Waals surface area contributed by atoms with Gasteiger partial charge in [-0.15, -0.1) is 0 Å². The molecule has 0 spiro atoms. The molecule has 0 aromatic carbocycles. The molecule has 72 valence electrons. The van der Waals surface area contributed by atoms with Crippen molar-refractivity contribution >= 4 is 17.5 Å². The van der Waals surface area contributed by atoms with Gasteiger partial charge in [-0.3, -0.25) is 4.79 Å². The van der Waals surface area contributed by atoms with E-state index in [0.717, 1.165) is 18.0 Å². The molecule has 0 aromatic rings. The van der Waals surface area contributed by atoms with E-state index in [1.165, 1.54) is 6.08 Å². The Morgan fingerprint density at radius 3 is 3.15 bits per heavy atom. The fourth-order valence-corrected chi connectivity index (χ4v) is 1.42. The van der Waals surface area contributed by atoms with Crippen LogP contribution >= 0.6 is 11.6 Å². The van der Waals surface area contributed by atoms with Crippen LogP contribution in [0.25, 0.3) is 0 Å². The van der Waals surface area contributed by atoms with E-state index in [4.69, 9.17) is 17.3 Å². The number of carbonyl (C=O) groups excluding carboxylic acids is 1. The SMILES string of the molecule is NC/C=C/C(=O)N1CCC=C(Cl)C1. The van der Waals surface area contributed by atoms with E-state index in [9.17, 15) is 4.79 Å². The highest BCUT2D eigenvalue weighted by molar-refractivity contribution is 6.30. The lowest BCUT2D eigenvalue weighted by molar-refractivity contribution is -0.125. The molecular weight excluding hydrogens is 188 g/mol. The normalized spacial score (nSPS) is 17.7. The summed E-state index contributed by atoms with van der Waals surface area (Å²) in [6.07, 6.45) is 5.92. The first kappa shape index (κ1) is 10.3. The summed E-state index contributed by atoms with van der Waals surface area (Å²) in [6, 6.07) is 0. The van der Waals surface area contributed by atoms with Gasteiger partial charge >= 0.3 is 0 Å². The first-order valence-electron chi connectivity index (χ1n) is 4.24. The molecule has 1 heterocycles. The molecule has 0 unspecified atom stereocenters. The van der Waals surface area contributed by atoms with Crippen molar-refractivity contribution in [2.75, 3.05) is 19.6 Å². The van der Waals surface area contributed by atoms with Crippen LogP contribution < -0.4 is 5.73 Å². The Morgan fingerprint density at radius 2 is 2.54 bits per heavy atom. The number of amides is 1. The largest absolute Gasteiger partial charge is 0.334 e. The number of hydrogen-bond acceptors (Lipinski definition) is 2. The third kappa shape index (κ3) is 3.20. The molecule has 1 aliphatic heterocycles. The topological polar surface area (TPSA) is 46.3 Å². The van der Waals surface area contributed by atoms with Crippen molar-refractivity contribution < 1.29 is 4.79 Å². The summed E-state index contributed by atoms with van der Waals surface area (Å²) in [5.74, 6) is -0.0169. The summed E-state index contributed by atoms with van der Waals surface area (Å²) in [4.78, 5) is 13.1. The zero-order valence-electron chi connectivity index (χ0n) is 7.37. The van der Waals surface area contributed by atoms with Gasteiger partial charge in [0.05, 0.1) is 6.54 Å². The Bertz CT molecular complexity index is 248. The summed E-state index contributed by atoms with van der Waals surface area (Å²) < 4.78 is 0. The Balaban J connectivity index is 2.49. The van der Waals surface area contributed by atoms with Crippen LogP contribution in [0.2, 0.25) is 0 Å². The van der Waals surface area contributed by atoms with Gasteiger partial charge in [0.15, 0.2) is 0 Å². The van der Waals surface area contributed by atoms with Gasteiger partial charge in [-0.05, 0) is 6.42 Å². The second-order valence-corrected chi connectivity index (χ2v) is 3.32. The highest BCUT2D eigenvalue weighted by Crippen LogP contribution is 2.12. The van der Waals surface area contributed by atoms with Gasteiger partial charge in [0.25, 0.3) is 0 Å². The molecule has 13 heavy (non-hydrogen) atoms. The molecule has 1 aliphatic rings. The lowest BCUT2D eigenvalue weighted by atomic mass is 10.2. The van der Waals surface area contributed by atoms with Gasteiger partial charge in [0.1, 0.15) is 0 Å². The molecule has 1 amide bonds. The number of rotatable bonds is 2. The fourth-order valence-electron chi connectivity index (χ4n) is 1.17. The van der Waals surface area contributed by atoms with Crippen molar-refractivity contribution in [3.05, 3.63) is 23.3 Å². The molecule has 2 N–H and O–H groups in total. The van der Waals surface area contributed by atoms with E-state index in [2.05, 4.69) is 0 Å². The predicted molar refractivity (Wildman–Crippen MR) is 53.3 cm³/mol. The molecule has 0 saturated heterocycles. The summed E-state index contributed by atoms with van der Waals surface area (Å²) >= 11 is 5.81. The van der Waals surface area contributed by atoms with Crippen LogP contribution in [0.15, 0.2) is 23.3 Å². The quantitative estimate of drug-likeness (QED) is 0.672. The maximum absolute atomic E-state index is 11.4. The lowest BCUT2D eigenvalue weighted by Crippen LogP contribution is -2.33. The number of hydrogen-bond donors (Lipinski definition) is 1. The molecule has 3 nitrogen and oxygen atoms in total. The molecule has 0 radical (unpaired) electrons. The average Bonchev–Trinajstić information content (AvgIpc) is 2.14. The second kappa shape index (κ2) is 5.04. The third-order valence-corrected chi connectivity index (χ3v) is 2.09. The van der Waals surface area contributed by atoms with Crippen molar-refractivity contribution in [2.45, 2.75) is 6.42 Å². The molecule has 0 aromatic heterocycles. The maximum atomic E-state index is 11.4. The van der Waals surface area contributed by atoms with E-state index in [1.807, 2.05) is 6.08 Å². The Morgan fingerprint density at radius 1 is 1.77 bits per heavy atom. The lowest BCUT2D eigenvalue weighted by Gasteiger charge is -2.23. The second-order valence-electron chi connectivity index (χ2n) is 2.84. The molecule has 0 saturated carbocycles. The van der Waals surface area contributed by atoms with Crippen molar-refractivity contribution in [2.24, 2.45) is 5.73 Å². The summed E-state index contributed by atoms with van der Waals surface area (Å²) in [6.45, 7) is 1.66. The minimum atomic E-state index is -0.0169. The zero-order valence-corrected chi connectivity index (χ0v) is 8.13. The van der Waals surface area contributed by atoms with Crippen molar-refractivity contribution in [3.63, 3.8) is 0 Å².